The topological polar surface area (TPSA) is 38.0 Å². The van der Waals surface area contributed by atoms with Crippen molar-refractivity contribution in [1.82, 2.24) is 9.78 Å². The van der Waals surface area contributed by atoms with Crippen LogP contribution in [-0.4, -0.2) is 14.9 Å². The molecule has 1 atom stereocenters. The molecule has 1 fully saturated rings. The summed E-state index contributed by atoms with van der Waals surface area (Å²) in [4.78, 5) is 0. The van der Waals surface area contributed by atoms with E-state index in [4.69, 9.17) is 0 Å². The zero-order chi connectivity index (χ0) is 11.5. The molecule has 0 saturated heterocycles. The first-order valence-corrected chi connectivity index (χ1v) is 6.91. The summed E-state index contributed by atoms with van der Waals surface area (Å²) >= 11 is 3.46. The van der Waals surface area contributed by atoms with Crippen molar-refractivity contribution >= 4 is 15.9 Å². The highest BCUT2D eigenvalue weighted by atomic mass is 79.9. The number of rotatable bonds is 4. The van der Waals surface area contributed by atoms with Gasteiger partial charge in [-0.25, -0.2) is 0 Å². The van der Waals surface area contributed by atoms with Gasteiger partial charge in [0.15, 0.2) is 0 Å². The molecule has 1 heterocycles. The first-order chi connectivity index (χ1) is 7.72. The molecule has 1 unspecified atom stereocenters. The Kier molecular flexibility index (Phi) is 4.03. The fraction of sp³-hybridized carbons (Fsp3) is 0.750. The predicted octanol–water partition coefficient (Wildman–Crippen LogP) is 3.28. The second-order valence-electron chi connectivity index (χ2n) is 4.60. The summed E-state index contributed by atoms with van der Waals surface area (Å²) in [7, 11) is 0. The molecule has 1 aliphatic carbocycles. The lowest BCUT2D eigenvalue weighted by molar-refractivity contribution is 0.134. The highest BCUT2D eigenvalue weighted by Crippen LogP contribution is 2.34. The lowest BCUT2D eigenvalue weighted by Gasteiger charge is -2.17. The van der Waals surface area contributed by atoms with E-state index in [-0.39, 0.29) is 6.10 Å². The van der Waals surface area contributed by atoms with E-state index in [9.17, 15) is 5.11 Å². The van der Waals surface area contributed by atoms with Crippen molar-refractivity contribution in [2.24, 2.45) is 5.92 Å². The van der Waals surface area contributed by atoms with Crippen LogP contribution in [0.15, 0.2) is 10.7 Å². The van der Waals surface area contributed by atoms with Gasteiger partial charge in [-0.3, -0.25) is 4.68 Å². The Hall–Kier alpha value is -0.350. The van der Waals surface area contributed by atoms with Crippen LogP contribution in [0.4, 0.5) is 0 Å². The molecule has 1 aromatic heterocycles. The molecule has 1 N–H and O–H groups in total. The van der Waals surface area contributed by atoms with Crippen LogP contribution in [0.5, 0.6) is 0 Å². The smallest absolute Gasteiger partial charge is 0.0970 e. The summed E-state index contributed by atoms with van der Waals surface area (Å²) < 4.78 is 2.81. The Morgan fingerprint density at radius 1 is 1.56 bits per heavy atom. The third kappa shape index (κ3) is 2.48. The van der Waals surface area contributed by atoms with E-state index in [0.29, 0.717) is 5.92 Å². The quantitative estimate of drug-likeness (QED) is 0.923. The van der Waals surface area contributed by atoms with E-state index in [0.717, 1.165) is 23.1 Å². The minimum atomic E-state index is -0.375. The summed E-state index contributed by atoms with van der Waals surface area (Å²) in [6.45, 7) is 2.86. The Balaban J connectivity index is 2.06. The van der Waals surface area contributed by atoms with Crippen LogP contribution >= 0.6 is 15.9 Å². The fourth-order valence-electron chi connectivity index (χ4n) is 2.63. The molecule has 0 aromatic carbocycles. The first-order valence-electron chi connectivity index (χ1n) is 6.11. The van der Waals surface area contributed by atoms with Gasteiger partial charge in [0.2, 0.25) is 0 Å². The van der Waals surface area contributed by atoms with E-state index >= 15 is 0 Å². The van der Waals surface area contributed by atoms with Crippen LogP contribution in [0.2, 0.25) is 0 Å². The molecular weight excluding hydrogens is 268 g/mol. The number of aromatic nitrogens is 2. The van der Waals surface area contributed by atoms with E-state index in [1.165, 1.54) is 25.7 Å². The summed E-state index contributed by atoms with van der Waals surface area (Å²) in [5, 5.41) is 14.5. The fourth-order valence-corrected chi connectivity index (χ4v) is 3.19. The van der Waals surface area contributed by atoms with Gasteiger partial charge in [0, 0.05) is 6.54 Å². The van der Waals surface area contributed by atoms with Crippen molar-refractivity contribution in [2.75, 3.05) is 0 Å². The molecule has 1 aliphatic rings. The number of halogens is 1. The average molecular weight is 287 g/mol. The highest BCUT2D eigenvalue weighted by Gasteiger charge is 2.23. The Labute approximate surface area is 105 Å². The minimum Gasteiger partial charge on any atom is -0.387 e. The number of aryl methyl sites for hydroxylation is 1. The van der Waals surface area contributed by atoms with Crippen molar-refractivity contribution in [3.05, 3.63) is 16.4 Å². The third-order valence-corrected chi connectivity index (χ3v) is 4.09. The maximum absolute atomic E-state index is 10.3. The van der Waals surface area contributed by atoms with Gasteiger partial charge < -0.3 is 5.11 Å². The van der Waals surface area contributed by atoms with E-state index < -0.39 is 0 Å². The maximum Gasteiger partial charge on any atom is 0.0970 e. The molecule has 3 nitrogen and oxygen atoms in total. The van der Waals surface area contributed by atoms with E-state index in [2.05, 4.69) is 21.0 Å². The first kappa shape index (κ1) is 12.1. The lowest BCUT2D eigenvalue weighted by atomic mass is 9.98. The maximum atomic E-state index is 10.3. The molecule has 0 spiro atoms. The molecule has 0 bridgehead atoms. The number of hydrogen-bond donors (Lipinski definition) is 1. The van der Waals surface area contributed by atoms with Crippen molar-refractivity contribution in [3.63, 3.8) is 0 Å². The van der Waals surface area contributed by atoms with Gasteiger partial charge in [-0.1, -0.05) is 25.7 Å². The van der Waals surface area contributed by atoms with Gasteiger partial charge in [0.25, 0.3) is 0 Å². The summed E-state index contributed by atoms with van der Waals surface area (Å²) in [5.41, 5.74) is 0.939. The van der Waals surface area contributed by atoms with Crippen LogP contribution in [0.25, 0.3) is 0 Å². The van der Waals surface area contributed by atoms with Gasteiger partial charge in [0.05, 0.1) is 22.5 Å². The van der Waals surface area contributed by atoms with Crippen LogP contribution in [-0.2, 0) is 6.54 Å². The molecular formula is C12H19BrN2O. The molecule has 16 heavy (non-hydrogen) atoms. The summed E-state index contributed by atoms with van der Waals surface area (Å²) in [6.07, 6.45) is 7.47. The standard InChI is InChI=1S/C12H19BrN2O/c1-2-15-12(10(13)8-14-15)11(16)7-9-5-3-4-6-9/h8-9,11,16H,2-7H2,1H3. The lowest BCUT2D eigenvalue weighted by Crippen LogP contribution is -2.11. The van der Waals surface area contributed by atoms with Gasteiger partial charge in [0.1, 0.15) is 0 Å². The number of aliphatic hydroxyl groups excluding tert-OH is 1. The molecule has 0 aliphatic heterocycles. The van der Waals surface area contributed by atoms with Crippen molar-refractivity contribution < 1.29 is 5.11 Å². The third-order valence-electron chi connectivity index (χ3n) is 3.48. The molecule has 2 rings (SSSR count). The SMILES string of the molecule is CCn1ncc(Br)c1C(O)CC1CCCC1. The largest absolute Gasteiger partial charge is 0.387 e. The Bertz CT molecular complexity index is 345. The van der Waals surface area contributed by atoms with Gasteiger partial charge >= 0.3 is 0 Å². The van der Waals surface area contributed by atoms with Gasteiger partial charge in [-0.15, -0.1) is 0 Å². The zero-order valence-corrected chi connectivity index (χ0v) is 11.3. The monoisotopic (exact) mass is 286 g/mol. The van der Waals surface area contributed by atoms with Crippen LogP contribution in [0, 0.1) is 5.92 Å². The molecule has 4 heteroatoms. The van der Waals surface area contributed by atoms with Gasteiger partial charge in [-0.2, -0.15) is 5.10 Å². The minimum absolute atomic E-state index is 0.375. The van der Waals surface area contributed by atoms with E-state index in [1.54, 1.807) is 6.20 Å². The Morgan fingerprint density at radius 3 is 2.88 bits per heavy atom. The van der Waals surface area contributed by atoms with Crippen molar-refractivity contribution in [2.45, 2.75) is 51.7 Å². The molecule has 1 saturated carbocycles. The molecule has 1 aromatic rings. The summed E-state index contributed by atoms with van der Waals surface area (Å²) in [5.74, 6) is 0.696. The predicted molar refractivity (Wildman–Crippen MR) is 67.1 cm³/mol. The van der Waals surface area contributed by atoms with E-state index in [1.807, 2.05) is 11.6 Å². The van der Waals surface area contributed by atoms with Crippen LogP contribution in [0.3, 0.4) is 0 Å². The normalized spacial score (nSPS) is 19.2. The average Bonchev–Trinajstić information content (AvgIpc) is 2.87. The number of hydrogen-bond acceptors (Lipinski definition) is 2. The molecule has 90 valence electrons. The highest BCUT2D eigenvalue weighted by molar-refractivity contribution is 9.10. The van der Waals surface area contributed by atoms with Crippen LogP contribution < -0.4 is 0 Å². The second kappa shape index (κ2) is 5.32. The zero-order valence-electron chi connectivity index (χ0n) is 9.69. The Morgan fingerprint density at radius 2 is 2.25 bits per heavy atom. The van der Waals surface area contributed by atoms with Crippen molar-refractivity contribution in [1.29, 1.82) is 0 Å². The molecule has 0 radical (unpaired) electrons. The van der Waals surface area contributed by atoms with Gasteiger partial charge in [-0.05, 0) is 35.2 Å². The second-order valence-corrected chi connectivity index (χ2v) is 5.45. The number of nitrogens with zero attached hydrogens (tertiary/aromatic N) is 2. The van der Waals surface area contributed by atoms with Crippen LogP contribution in [0.1, 0.15) is 50.8 Å². The van der Waals surface area contributed by atoms with Crippen molar-refractivity contribution in [3.8, 4) is 0 Å². The number of aliphatic hydroxyl groups is 1. The molecule has 0 amide bonds. The summed E-state index contributed by atoms with van der Waals surface area (Å²) in [6, 6.07) is 0.